The molecule has 46 heavy (non-hydrogen) atoms. The number of aliphatic hydroxyl groups is 1. The number of benzene rings is 3. The van der Waals surface area contributed by atoms with Gasteiger partial charge in [-0.2, -0.15) is 4.31 Å². The molecule has 3 aromatic carbocycles. The van der Waals surface area contributed by atoms with Crippen molar-refractivity contribution in [3.63, 3.8) is 0 Å². The number of aryl methyl sites for hydroxylation is 1. The summed E-state index contributed by atoms with van der Waals surface area (Å²) < 4.78 is 39.2. The first-order valence-corrected chi connectivity index (χ1v) is 17.3. The van der Waals surface area contributed by atoms with Crippen LogP contribution in [0.4, 0.5) is 10.8 Å². The number of methoxy groups -OCH3 is 2. The van der Waals surface area contributed by atoms with E-state index in [-0.39, 0.29) is 29.8 Å². The highest BCUT2D eigenvalue weighted by Gasteiger charge is 2.31. The van der Waals surface area contributed by atoms with Gasteiger partial charge in [0.15, 0.2) is 5.13 Å². The molecule has 2 atom stereocenters. The van der Waals surface area contributed by atoms with Crippen LogP contribution >= 0.6 is 11.3 Å². The number of nitrogens with zero attached hydrogens (tertiary/aromatic N) is 2. The van der Waals surface area contributed by atoms with E-state index < -0.39 is 22.2 Å². The lowest BCUT2D eigenvalue weighted by Crippen LogP contribution is -2.51. The average Bonchev–Trinajstić information content (AvgIpc) is 3.48. The highest BCUT2D eigenvalue weighted by molar-refractivity contribution is 7.89. The first-order valence-electron chi connectivity index (χ1n) is 15.0. The molecule has 0 saturated heterocycles. The van der Waals surface area contributed by atoms with Crippen molar-refractivity contribution in [2.75, 3.05) is 32.6 Å². The van der Waals surface area contributed by atoms with Gasteiger partial charge in [0.2, 0.25) is 10.0 Å². The van der Waals surface area contributed by atoms with E-state index in [1.165, 1.54) is 34.9 Å². The number of aliphatic hydroxyl groups excluding tert-OH is 1. The number of carbonyl (C=O) groups excluding carboxylic acids is 1. The van der Waals surface area contributed by atoms with Crippen LogP contribution in [0.1, 0.15) is 41.0 Å². The predicted molar refractivity (Wildman–Crippen MR) is 181 cm³/mol. The van der Waals surface area contributed by atoms with E-state index in [0.717, 1.165) is 16.8 Å². The molecule has 1 heterocycles. The summed E-state index contributed by atoms with van der Waals surface area (Å²) in [5, 5.41) is 20.5. The smallest absolute Gasteiger partial charge is 0.251 e. The third-order valence-electron chi connectivity index (χ3n) is 7.31. The Morgan fingerprint density at radius 3 is 2.39 bits per heavy atom. The van der Waals surface area contributed by atoms with Gasteiger partial charge < -0.3 is 25.2 Å². The van der Waals surface area contributed by atoms with Crippen LogP contribution in [-0.4, -0.2) is 68.2 Å². The van der Waals surface area contributed by atoms with Gasteiger partial charge in [0.25, 0.3) is 5.91 Å². The second-order valence-corrected chi connectivity index (χ2v) is 14.3. The standard InChI is InChI=1S/C34H42N4O6S2/c1-23(2)19-38(46(41,42)29-15-13-28(44-5)14-16-29)20-32(39)31(17-25-9-7-6-8-10-25)37-33(40)30-18-26(12-11-24(30)3)35-34-36-27(21-43-4)22-45-34/h6-16,18,22-23,31-32,39H,17,19-21H2,1-5H3,(H,35,36)(H,37,40)/t31-,32+/m0/s1. The van der Waals surface area contributed by atoms with Gasteiger partial charge in [0.1, 0.15) is 5.75 Å². The second kappa shape index (κ2) is 16.1. The number of amides is 1. The van der Waals surface area contributed by atoms with Gasteiger partial charge in [-0.05, 0) is 66.8 Å². The Morgan fingerprint density at radius 1 is 1.02 bits per heavy atom. The molecule has 4 rings (SSSR count). The maximum Gasteiger partial charge on any atom is 0.251 e. The van der Waals surface area contributed by atoms with Crippen molar-refractivity contribution in [2.45, 2.75) is 50.8 Å². The number of hydrogen-bond donors (Lipinski definition) is 3. The van der Waals surface area contributed by atoms with Gasteiger partial charge in [0, 0.05) is 36.8 Å². The molecule has 0 aliphatic rings. The fraction of sp³-hybridized carbons (Fsp3) is 0.353. The van der Waals surface area contributed by atoms with Gasteiger partial charge in [-0.15, -0.1) is 11.3 Å². The molecule has 0 aliphatic heterocycles. The molecule has 1 amide bonds. The molecule has 0 spiro atoms. The van der Waals surface area contributed by atoms with E-state index in [1.54, 1.807) is 25.3 Å². The summed E-state index contributed by atoms with van der Waals surface area (Å²) in [7, 11) is -0.837. The minimum absolute atomic E-state index is 0.0105. The van der Waals surface area contributed by atoms with E-state index in [2.05, 4.69) is 15.6 Å². The van der Waals surface area contributed by atoms with Gasteiger partial charge >= 0.3 is 0 Å². The minimum atomic E-state index is -3.96. The van der Waals surface area contributed by atoms with Crippen LogP contribution < -0.4 is 15.4 Å². The normalized spacial score (nSPS) is 13.0. The SMILES string of the molecule is COCc1csc(Nc2ccc(C)c(C(=O)N[C@@H](Cc3ccccc3)[C@H](O)CN(CC(C)C)S(=O)(=O)c3ccc(OC)cc3)c2)n1. The van der Waals surface area contributed by atoms with E-state index in [1.807, 2.05) is 68.6 Å². The Labute approximate surface area is 275 Å². The molecule has 12 heteroatoms. The van der Waals surface area contributed by atoms with Crippen molar-refractivity contribution in [1.82, 2.24) is 14.6 Å². The van der Waals surface area contributed by atoms with E-state index >= 15 is 0 Å². The largest absolute Gasteiger partial charge is 0.497 e. The number of anilines is 2. The van der Waals surface area contributed by atoms with Crippen molar-refractivity contribution in [3.8, 4) is 5.75 Å². The quantitative estimate of drug-likeness (QED) is 0.145. The van der Waals surface area contributed by atoms with Crippen molar-refractivity contribution >= 4 is 38.1 Å². The first kappa shape index (κ1) is 35.1. The summed E-state index contributed by atoms with van der Waals surface area (Å²) in [4.78, 5) is 18.4. The van der Waals surface area contributed by atoms with Crippen LogP contribution in [0.2, 0.25) is 0 Å². The highest BCUT2D eigenvalue weighted by atomic mass is 32.2. The summed E-state index contributed by atoms with van der Waals surface area (Å²) in [6.45, 7) is 6.06. The summed E-state index contributed by atoms with van der Waals surface area (Å²) in [6, 6.07) is 20.3. The van der Waals surface area contributed by atoms with Crippen molar-refractivity contribution in [3.05, 3.63) is 101 Å². The first-order chi connectivity index (χ1) is 22.0. The molecule has 4 aromatic rings. The van der Waals surface area contributed by atoms with Gasteiger partial charge in [-0.25, -0.2) is 13.4 Å². The lowest BCUT2D eigenvalue weighted by molar-refractivity contribution is 0.0775. The van der Waals surface area contributed by atoms with E-state index in [4.69, 9.17) is 9.47 Å². The fourth-order valence-corrected chi connectivity index (χ4v) is 7.29. The Kier molecular flexibility index (Phi) is 12.3. The summed E-state index contributed by atoms with van der Waals surface area (Å²) in [5.74, 6) is 0.148. The molecule has 1 aromatic heterocycles. The number of rotatable bonds is 16. The molecule has 3 N–H and O–H groups in total. The maximum absolute atomic E-state index is 13.8. The summed E-state index contributed by atoms with van der Waals surface area (Å²) in [6.07, 6.45) is -0.920. The number of thiazole rings is 1. The molecular weight excluding hydrogens is 625 g/mol. The average molecular weight is 667 g/mol. The Morgan fingerprint density at radius 2 is 1.74 bits per heavy atom. The van der Waals surface area contributed by atoms with E-state index in [9.17, 15) is 18.3 Å². The zero-order valence-corrected chi connectivity index (χ0v) is 28.4. The monoisotopic (exact) mass is 666 g/mol. The third-order valence-corrected chi connectivity index (χ3v) is 9.97. The van der Waals surface area contributed by atoms with Crippen LogP contribution in [-0.2, 0) is 27.8 Å². The number of hydrogen-bond acceptors (Lipinski definition) is 9. The number of carbonyl (C=O) groups is 1. The topological polar surface area (TPSA) is 130 Å². The molecule has 0 radical (unpaired) electrons. The zero-order valence-electron chi connectivity index (χ0n) is 26.8. The molecule has 0 saturated carbocycles. The number of sulfonamides is 1. The molecule has 246 valence electrons. The Bertz CT molecular complexity index is 1680. The van der Waals surface area contributed by atoms with Gasteiger partial charge in [0.05, 0.1) is 36.5 Å². The molecular formula is C34H42N4O6S2. The number of nitrogens with one attached hydrogen (secondary N) is 2. The van der Waals surface area contributed by atoms with Crippen molar-refractivity contribution < 1.29 is 27.8 Å². The van der Waals surface area contributed by atoms with Gasteiger partial charge in [-0.3, -0.25) is 4.79 Å². The van der Waals surface area contributed by atoms with Gasteiger partial charge in [-0.1, -0.05) is 50.2 Å². The van der Waals surface area contributed by atoms with E-state index in [0.29, 0.717) is 35.2 Å². The van der Waals surface area contributed by atoms with Crippen LogP contribution in [0.15, 0.2) is 83.1 Å². The lowest BCUT2D eigenvalue weighted by Gasteiger charge is -2.31. The molecule has 0 bridgehead atoms. The Balaban J connectivity index is 1.59. The lowest BCUT2D eigenvalue weighted by atomic mass is 9.99. The maximum atomic E-state index is 13.8. The molecule has 0 unspecified atom stereocenters. The fourth-order valence-electron chi connectivity index (χ4n) is 4.95. The zero-order chi connectivity index (χ0) is 33.3. The van der Waals surface area contributed by atoms with Crippen LogP contribution in [0, 0.1) is 12.8 Å². The number of ether oxygens (including phenoxy) is 2. The Hall–Kier alpha value is -3.81. The van der Waals surface area contributed by atoms with Crippen LogP contribution in [0.25, 0.3) is 0 Å². The van der Waals surface area contributed by atoms with Crippen LogP contribution in [0.5, 0.6) is 5.75 Å². The second-order valence-electron chi connectivity index (χ2n) is 11.5. The molecule has 0 aliphatic carbocycles. The summed E-state index contributed by atoms with van der Waals surface area (Å²) >= 11 is 1.43. The third kappa shape index (κ3) is 9.36. The molecule has 0 fully saturated rings. The van der Waals surface area contributed by atoms with Crippen molar-refractivity contribution in [2.24, 2.45) is 5.92 Å². The number of aromatic nitrogens is 1. The molecule has 10 nitrogen and oxygen atoms in total. The van der Waals surface area contributed by atoms with Crippen molar-refractivity contribution in [1.29, 1.82) is 0 Å². The van der Waals surface area contributed by atoms with Crippen LogP contribution in [0.3, 0.4) is 0 Å². The highest BCUT2D eigenvalue weighted by Crippen LogP contribution is 2.25. The predicted octanol–water partition coefficient (Wildman–Crippen LogP) is 5.40. The minimum Gasteiger partial charge on any atom is -0.497 e. The summed E-state index contributed by atoms with van der Waals surface area (Å²) in [5.41, 5.74) is 3.55.